The zero-order valence-electron chi connectivity index (χ0n) is 10.0. The Labute approximate surface area is 92.1 Å². The molecular weight excluding hydrogens is 186 g/mol. The van der Waals surface area contributed by atoms with Crippen molar-refractivity contribution >= 4 is 11.5 Å². The van der Waals surface area contributed by atoms with Crippen LogP contribution in [0.1, 0.15) is 32.8 Å². The lowest BCUT2D eigenvalue weighted by Gasteiger charge is -2.16. The first-order chi connectivity index (χ1) is 6.99. The van der Waals surface area contributed by atoms with Crippen LogP contribution in [0.4, 0.5) is 11.5 Å². The summed E-state index contributed by atoms with van der Waals surface area (Å²) in [7, 11) is 0. The zero-order valence-corrected chi connectivity index (χ0v) is 10.0. The van der Waals surface area contributed by atoms with Gasteiger partial charge in [-0.05, 0) is 37.8 Å². The van der Waals surface area contributed by atoms with Crippen LogP contribution in [0.2, 0.25) is 0 Å². The average molecular weight is 207 g/mol. The van der Waals surface area contributed by atoms with Crippen LogP contribution in [-0.4, -0.2) is 11.0 Å². The van der Waals surface area contributed by atoms with Crippen LogP contribution in [0.3, 0.4) is 0 Å². The fraction of sp³-hybridized carbons (Fsp3) is 0.583. The summed E-state index contributed by atoms with van der Waals surface area (Å²) in [4.78, 5) is 4.25. The van der Waals surface area contributed by atoms with Crippen molar-refractivity contribution in [2.24, 2.45) is 5.92 Å². The van der Waals surface area contributed by atoms with E-state index >= 15 is 0 Å². The molecule has 1 rings (SSSR count). The van der Waals surface area contributed by atoms with Gasteiger partial charge in [-0.15, -0.1) is 0 Å². The molecule has 0 aliphatic carbocycles. The first-order valence-corrected chi connectivity index (χ1v) is 5.47. The number of aromatic nitrogens is 1. The summed E-state index contributed by atoms with van der Waals surface area (Å²) in [5.41, 5.74) is 7.53. The van der Waals surface area contributed by atoms with Crippen molar-refractivity contribution < 1.29 is 0 Å². The van der Waals surface area contributed by atoms with Crippen molar-refractivity contribution in [3.63, 3.8) is 0 Å². The average Bonchev–Trinajstić information content (AvgIpc) is 2.10. The highest BCUT2D eigenvalue weighted by Crippen LogP contribution is 2.15. The minimum absolute atomic E-state index is 0.445. The second kappa shape index (κ2) is 5.01. The van der Waals surface area contributed by atoms with Gasteiger partial charge < -0.3 is 11.1 Å². The van der Waals surface area contributed by atoms with Gasteiger partial charge in [0.2, 0.25) is 0 Å². The van der Waals surface area contributed by atoms with Gasteiger partial charge in [0.25, 0.3) is 0 Å². The molecule has 3 N–H and O–H groups in total. The number of rotatable bonds is 4. The minimum Gasteiger partial charge on any atom is -0.397 e. The minimum atomic E-state index is 0.445. The van der Waals surface area contributed by atoms with Gasteiger partial charge in [0, 0.05) is 6.04 Å². The van der Waals surface area contributed by atoms with E-state index in [1.807, 2.05) is 13.0 Å². The maximum absolute atomic E-state index is 5.71. The second-order valence-electron chi connectivity index (χ2n) is 4.60. The molecular formula is C12H21N3. The van der Waals surface area contributed by atoms with E-state index in [2.05, 4.69) is 31.1 Å². The molecule has 0 saturated carbocycles. The van der Waals surface area contributed by atoms with E-state index in [0.29, 0.717) is 12.0 Å². The molecule has 0 aromatic carbocycles. The quantitative estimate of drug-likeness (QED) is 0.798. The molecule has 0 aliphatic heterocycles. The lowest BCUT2D eigenvalue weighted by atomic mass is 10.1. The van der Waals surface area contributed by atoms with Crippen molar-refractivity contribution in [2.45, 2.75) is 40.2 Å². The van der Waals surface area contributed by atoms with Crippen LogP contribution < -0.4 is 11.1 Å². The number of nitrogens with one attached hydrogen (secondary N) is 1. The fourth-order valence-corrected chi connectivity index (χ4v) is 1.66. The normalized spacial score (nSPS) is 12.9. The van der Waals surface area contributed by atoms with Gasteiger partial charge in [0.1, 0.15) is 5.82 Å². The van der Waals surface area contributed by atoms with Gasteiger partial charge in [0.15, 0.2) is 0 Å². The summed E-state index contributed by atoms with van der Waals surface area (Å²) in [6.45, 7) is 8.61. The zero-order chi connectivity index (χ0) is 11.4. The number of anilines is 2. The molecule has 1 heterocycles. The maximum Gasteiger partial charge on any atom is 0.126 e. The van der Waals surface area contributed by atoms with Crippen LogP contribution in [0.15, 0.2) is 12.3 Å². The van der Waals surface area contributed by atoms with Crippen molar-refractivity contribution in [3.05, 3.63) is 17.8 Å². The van der Waals surface area contributed by atoms with Crippen LogP contribution in [0.5, 0.6) is 0 Å². The largest absolute Gasteiger partial charge is 0.397 e. The molecule has 0 spiro atoms. The van der Waals surface area contributed by atoms with Crippen molar-refractivity contribution in [1.82, 2.24) is 4.98 Å². The van der Waals surface area contributed by atoms with Gasteiger partial charge in [-0.1, -0.05) is 13.8 Å². The van der Waals surface area contributed by atoms with Crippen LogP contribution in [0, 0.1) is 12.8 Å². The predicted octanol–water partition coefficient (Wildman–Crippen LogP) is 2.82. The Morgan fingerprint density at radius 1 is 1.40 bits per heavy atom. The van der Waals surface area contributed by atoms with Gasteiger partial charge in [-0.2, -0.15) is 0 Å². The number of nitrogens with two attached hydrogens (primary N) is 1. The molecule has 0 fully saturated rings. The summed E-state index contributed by atoms with van der Waals surface area (Å²) in [6, 6.07) is 2.44. The molecule has 0 bridgehead atoms. The number of hydrogen-bond acceptors (Lipinski definition) is 3. The Balaban J connectivity index is 2.60. The van der Waals surface area contributed by atoms with Crippen LogP contribution in [-0.2, 0) is 0 Å². The number of pyridine rings is 1. The second-order valence-corrected chi connectivity index (χ2v) is 4.60. The van der Waals surface area contributed by atoms with E-state index < -0.39 is 0 Å². The SMILES string of the molecule is Cc1cc(NC(C)CC(C)C)ncc1N. The van der Waals surface area contributed by atoms with E-state index in [9.17, 15) is 0 Å². The third kappa shape index (κ3) is 3.78. The van der Waals surface area contributed by atoms with Crippen molar-refractivity contribution in [3.8, 4) is 0 Å². The molecule has 1 atom stereocenters. The predicted molar refractivity (Wildman–Crippen MR) is 65.9 cm³/mol. The molecule has 0 radical (unpaired) electrons. The van der Waals surface area contributed by atoms with E-state index in [1.54, 1.807) is 6.20 Å². The Hall–Kier alpha value is -1.25. The Morgan fingerprint density at radius 2 is 2.07 bits per heavy atom. The van der Waals surface area contributed by atoms with Crippen molar-refractivity contribution in [1.29, 1.82) is 0 Å². The highest BCUT2D eigenvalue weighted by atomic mass is 15.0. The highest BCUT2D eigenvalue weighted by Gasteiger charge is 2.06. The molecule has 3 heteroatoms. The first kappa shape index (κ1) is 11.8. The van der Waals surface area contributed by atoms with Gasteiger partial charge in [0.05, 0.1) is 11.9 Å². The Morgan fingerprint density at radius 3 is 2.60 bits per heavy atom. The van der Waals surface area contributed by atoms with Gasteiger partial charge in [-0.3, -0.25) is 0 Å². The number of hydrogen-bond donors (Lipinski definition) is 2. The van der Waals surface area contributed by atoms with E-state index in [-0.39, 0.29) is 0 Å². The summed E-state index contributed by atoms with van der Waals surface area (Å²) >= 11 is 0. The molecule has 84 valence electrons. The maximum atomic E-state index is 5.71. The monoisotopic (exact) mass is 207 g/mol. The molecule has 3 nitrogen and oxygen atoms in total. The molecule has 1 unspecified atom stereocenters. The van der Waals surface area contributed by atoms with E-state index in [1.165, 1.54) is 0 Å². The lowest BCUT2D eigenvalue weighted by Crippen LogP contribution is -2.18. The molecule has 1 aromatic heterocycles. The summed E-state index contributed by atoms with van der Waals surface area (Å²) in [5.74, 6) is 1.61. The van der Waals surface area contributed by atoms with Crippen molar-refractivity contribution in [2.75, 3.05) is 11.1 Å². The van der Waals surface area contributed by atoms with Crippen LogP contribution >= 0.6 is 0 Å². The highest BCUT2D eigenvalue weighted by molar-refractivity contribution is 5.51. The Kier molecular flexibility index (Phi) is 3.95. The summed E-state index contributed by atoms with van der Waals surface area (Å²) in [6.07, 6.45) is 2.85. The lowest BCUT2D eigenvalue weighted by molar-refractivity contribution is 0.539. The number of nitrogens with zero attached hydrogens (tertiary/aromatic N) is 1. The summed E-state index contributed by atoms with van der Waals surface area (Å²) in [5, 5.41) is 3.37. The molecule has 0 aliphatic rings. The Bertz CT molecular complexity index is 321. The first-order valence-electron chi connectivity index (χ1n) is 5.47. The molecule has 1 aromatic rings. The van der Waals surface area contributed by atoms with Gasteiger partial charge in [-0.25, -0.2) is 4.98 Å². The summed E-state index contributed by atoms with van der Waals surface area (Å²) < 4.78 is 0. The number of nitrogen functional groups attached to an aromatic ring is 1. The molecule has 15 heavy (non-hydrogen) atoms. The third-order valence-corrected chi connectivity index (χ3v) is 2.37. The topological polar surface area (TPSA) is 50.9 Å². The molecule has 0 amide bonds. The smallest absolute Gasteiger partial charge is 0.126 e. The van der Waals surface area contributed by atoms with E-state index in [0.717, 1.165) is 23.5 Å². The van der Waals surface area contributed by atoms with Gasteiger partial charge >= 0.3 is 0 Å². The fourth-order valence-electron chi connectivity index (χ4n) is 1.66. The van der Waals surface area contributed by atoms with Crippen LogP contribution in [0.25, 0.3) is 0 Å². The molecule has 0 saturated heterocycles. The standard InChI is InChI=1S/C12H21N3/c1-8(2)5-10(4)15-12-6-9(3)11(13)7-14-12/h6-8,10H,5,13H2,1-4H3,(H,14,15). The number of aryl methyl sites for hydroxylation is 1. The van der Waals surface area contributed by atoms with E-state index in [4.69, 9.17) is 5.73 Å². The third-order valence-electron chi connectivity index (χ3n) is 2.37.